The van der Waals surface area contributed by atoms with Crippen molar-refractivity contribution in [3.63, 3.8) is 0 Å². The highest BCUT2D eigenvalue weighted by atomic mass is 16.5. The van der Waals surface area contributed by atoms with Crippen LogP contribution in [0.4, 0.5) is 0 Å². The van der Waals surface area contributed by atoms with Gasteiger partial charge in [0.2, 0.25) is 0 Å². The van der Waals surface area contributed by atoms with E-state index in [9.17, 15) is 9.59 Å². The third-order valence-electron chi connectivity index (χ3n) is 4.28. The zero-order valence-corrected chi connectivity index (χ0v) is 16.4. The summed E-state index contributed by atoms with van der Waals surface area (Å²) in [5.41, 5.74) is 3.66. The summed E-state index contributed by atoms with van der Waals surface area (Å²) in [6.45, 7) is 8.47. The Kier molecular flexibility index (Phi) is 8.35. The molecule has 1 aliphatic rings. The Bertz CT molecular complexity index is 630. The summed E-state index contributed by atoms with van der Waals surface area (Å²) in [6, 6.07) is 5.71. The van der Waals surface area contributed by atoms with Crippen molar-refractivity contribution < 1.29 is 19.1 Å². The van der Waals surface area contributed by atoms with E-state index in [4.69, 9.17) is 9.47 Å². The zero-order chi connectivity index (χ0) is 19.6. The number of nitrogens with one attached hydrogen (secondary N) is 2. The van der Waals surface area contributed by atoms with Crippen molar-refractivity contribution in [1.82, 2.24) is 20.7 Å². The molecule has 0 bridgehead atoms. The summed E-state index contributed by atoms with van der Waals surface area (Å²) in [6.07, 6.45) is 0.597. The van der Waals surface area contributed by atoms with E-state index in [0.717, 1.165) is 18.7 Å². The lowest BCUT2D eigenvalue weighted by Crippen LogP contribution is -2.55. The first-order valence-corrected chi connectivity index (χ1v) is 9.44. The lowest BCUT2D eigenvalue weighted by molar-refractivity contribution is -0.142. The smallest absolute Gasteiger partial charge is 0.323 e. The lowest BCUT2D eigenvalue weighted by atomic mass is 10.1. The molecule has 8 heteroatoms. The minimum absolute atomic E-state index is 0.370. The molecule has 2 N–H and O–H groups in total. The predicted octanol–water partition coefficient (Wildman–Crippen LogP) is 0.421. The molecule has 1 saturated heterocycles. The summed E-state index contributed by atoms with van der Waals surface area (Å²) in [4.78, 5) is 26.1. The molecule has 2 rings (SSSR count). The Morgan fingerprint density at radius 2 is 1.67 bits per heavy atom. The maximum atomic E-state index is 12.0. The molecule has 1 aromatic rings. The SMILES string of the molecule is CCOc1ccc(CCNC(=O)C(=O)NN2CCN(C)CC2)cc1OCC. The van der Waals surface area contributed by atoms with Crippen molar-refractivity contribution in [1.29, 1.82) is 0 Å². The van der Waals surface area contributed by atoms with Crippen LogP contribution in [0.2, 0.25) is 0 Å². The number of carbonyl (C=O) groups excluding carboxylic acids is 2. The van der Waals surface area contributed by atoms with Crippen LogP contribution in [0.5, 0.6) is 11.5 Å². The molecule has 150 valence electrons. The summed E-state index contributed by atoms with van der Waals surface area (Å²) in [5, 5.41) is 4.44. The number of nitrogens with zero attached hydrogens (tertiary/aromatic N) is 2. The van der Waals surface area contributed by atoms with Crippen LogP contribution in [0.3, 0.4) is 0 Å². The van der Waals surface area contributed by atoms with E-state index in [1.807, 2.05) is 39.1 Å². The largest absolute Gasteiger partial charge is 0.490 e. The van der Waals surface area contributed by atoms with Crippen LogP contribution >= 0.6 is 0 Å². The first kappa shape index (κ1) is 21.0. The van der Waals surface area contributed by atoms with Gasteiger partial charge in [0, 0.05) is 32.7 Å². The fraction of sp³-hybridized carbons (Fsp3) is 0.579. The van der Waals surface area contributed by atoms with Gasteiger partial charge in [0.25, 0.3) is 0 Å². The maximum Gasteiger partial charge on any atom is 0.323 e. The minimum Gasteiger partial charge on any atom is -0.490 e. The topological polar surface area (TPSA) is 83.1 Å². The van der Waals surface area contributed by atoms with Gasteiger partial charge in [0.1, 0.15) is 0 Å². The van der Waals surface area contributed by atoms with Gasteiger partial charge in [-0.25, -0.2) is 5.01 Å². The zero-order valence-electron chi connectivity index (χ0n) is 16.4. The highest BCUT2D eigenvalue weighted by Crippen LogP contribution is 2.28. The maximum absolute atomic E-state index is 12.0. The van der Waals surface area contributed by atoms with Crippen LogP contribution in [-0.4, -0.2) is 74.7 Å². The molecular weight excluding hydrogens is 348 g/mol. The monoisotopic (exact) mass is 378 g/mol. The Balaban J connectivity index is 1.78. The second kappa shape index (κ2) is 10.7. The summed E-state index contributed by atoms with van der Waals surface area (Å²) < 4.78 is 11.1. The summed E-state index contributed by atoms with van der Waals surface area (Å²) in [5.74, 6) is 0.154. The van der Waals surface area contributed by atoms with Crippen molar-refractivity contribution in [3.05, 3.63) is 23.8 Å². The third kappa shape index (κ3) is 6.73. The van der Waals surface area contributed by atoms with Gasteiger partial charge in [-0.15, -0.1) is 0 Å². The molecule has 8 nitrogen and oxygen atoms in total. The van der Waals surface area contributed by atoms with Gasteiger partial charge in [-0.2, -0.15) is 0 Å². The first-order valence-electron chi connectivity index (χ1n) is 9.44. The molecule has 0 radical (unpaired) electrons. The molecule has 0 aromatic heterocycles. The molecule has 2 amide bonds. The molecule has 0 aliphatic carbocycles. The van der Waals surface area contributed by atoms with Crippen LogP contribution in [0, 0.1) is 0 Å². The van der Waals surface area contributed by atoms with Crippen LogP contribution in [0.1, 0.15) is 19.4 Å². The van der Waals surface area contributed by atoms with Crippen molar-refractivity contribution in [2.75, 3.05) is 53.0 Å². The number of carbonyl (C=O) groups is 2. The summed E-state index contributed by atoms with van der Waals surface area (Å²) >= 11 is 0. The van der Waals surface area contributed by atoms with Gasteiger partial charge >= 0.3 is 11.8 Å². The Morgan fingerprint density at radius 3 is 2.33 bits per heavy atom. The number of hydrazine groups is 1. The molecule has 1 aliphatic heterocycles. The van der Waals surface area contributed by atoms with Crippen LogP contribution in [0.15, 0.2) is 18.2 Å². The van der Waals surface area contributed by atoms with E-state index in [1.165, 1.54) is 0 Å². The number of hydrogen-bond donors (Lipinski definition) is 2. The number of likely N-dealkylation sites (N-methyl/N-ethyl adjacent to an activating group) is 1. The molecule has 0 spiro atoms. The number of piperazine rings is 1. The van der Waals surface area contributed by atoms with Crippen LogP contribution < -0.4 is 20.2 Å². The van der Waals surface area contributed by atoms with Crippen molar-refractivity contribution >= 4 is 11.8 Å². The fourth-order valence-corrected chi connectivity index (χ4v) is 2.76. The van der Waals surface area contributed by atoms with E-state index < -0.39 is 11.8 Å². The van der Waals surface area contributed by atoms with E-state index in [-0.39, 0.29) is 0 Å². The van der Waals surface area contributed by atoms with Crippen molar-refractivity contribution in [3.8, 4) is 11.5 Å². The number of hydrogen-bond acceptors (Lipinski definition) is 6. The van der Waals surface area contributed by atoms with Crippen LogP contribution in [0.25, 0.3) is 0 Å². The molecule has 0 atom stereocenters. The van der Waals surface area contributed by atoms with Gasteiger partial charge in [-0.05, 0) is 45.0 Å². The number of ether oxygens (including phenoxy) is 2. The Hall–Kier alpha value is -2.32. The average Bonchev–Trinajstić information content (AvgIpc) is 2.66. The average molecular weight is 378 g/mol. The number of amides is 2. The van der Waals surface area contributed by atoms with E-state index in [1.54, 1.807) is 5.01 Å². The standard InChI is InChI=1S/C19H30N4O4/c1-4-26-16-7-6-15(14-17(16)27-5-2)8-9-20-18(24)19(25)21-23-12-10-22(3)11-13-23/h6-7,14H,4-5,8-13H2,1-3H3,(H,20,24)(H,21,25). The number of rotatable bonds is 8. The van der Waals surface area contributed by atoms with E-state index >= 15 is 0 Å². The normalized spacial score (nSPS) is 15.2. The van der Waals surface area contributed by atoms with Gasteiger partial charge in [-0.1, -0.05) is 6.07 Å². The lowest BCUT2D eigenvalue weighted by Gasteiger charge is -2.32. The second-order valence-corrected chi connectivity index (χ2v) is 6.38. The van der Waals surface area contributed by atoms with Crippen molar-refractivity contribution in [2.45, 2.75) is 20.3 Å². The first-order chi connectivity index (χ1) is 13.0. The Morgan fingerprint density at radius 1 is 1.00 bits per heavy atom. The highest BCUT2D eigenvalue weighted by Gasteiger charge is 2.19. The minimum atomic E-state index is -0.624. The number of benzene rings is 1. The third-order valence-corrected chi connectivity index (χ3v) is 4.28. The van der Waals surface area contributed by atoms with E-state index in [0.29, 0.717) is 50.8 Å². The van der Waals surface area contributed by atoms with Gasteiger partial charge in [0.05, 0.1) is 13.2 Å². The fourth-order valence-electron chi connectivity index (χ4n) is 2.76. The molecule has 1 heterocycles. The molecule has 1 fully saturated rings. The molecule has 0 unspecified atom stereocenters. The van der Waals surface area contributed by atoms with Gasteiger partial charge in [-0.3, -0.25) is 15.0 Å². The molecule has 0 saturated carbocycles. The molecule has 27 heavy (non-hydrogen) atoms. The van der Waals surface area contributed by atoms with E-state index in [2.05, 4.69) is 15.6 Å². The predicted molar refractivity (Wildman–Crippen MR) is 103 cm³/mol. The van der Waals surface area contributed by atoms with Gasteiger partial charge < -0.3 is 19.7 Å². The summed E-state index contributed by atoms with van der Waals surface area (Å²) in [7, 11) is 2.03. The molecule has 1 aromatic carbocycles. The quantitative estimate of drug-likeness (QED) is 0.638. The highest BCUT2D eigenvalue weighted by molar-refractivity contribution is 6.34. The molecular formula is C19H30N4O4. The van der Waals surface area contributed by atoms with Crippen molar-refractivity contribution in [2.24, 2.45) is 0 Å². The second-order valence-electron chi connectivity index (χ2n) is 6.38. The Labute approximate surface area is 160 Å². The van der Waals surface area contributed by atoms with Crippen LogP contribution in [-0.2, 0) is 16.0 Å². The van der Waals surface area contributed by atoms with Gasteiger partial charge in [0.15, 0.2) is 11.5 Å².